The Bertz CT molecular complexity index is 595. The number of unbranched alkanes of at least 4 members (excludes halogenated alkanes) is 3. The number of hydrogen-bond donors (Lipinski definition) is 0. The van der Waals surface area contributed by atoms with Gasteiger partial charge in [0, 0.05) is 12.6 Å². The van der Waals surface area contributed by atoms with Crippen LogP contribution in [0.25, 0.3) is 11.0 Å². The molecule has 0 unspecified atom stereocenters. The van der Waals surface area contributed by atoms with Gasteiger partial charge in [-0.1, -0.05) is 26.2 Å². The van der Waals surface area contributed by atoms with Gasteiger partial charge in [0.1, 0.15) is 11.6 Å². The van der Waals surface area contributed by atoms with Gasteiger partial charge < -0.3 is 4.57 Å². The van der Waals surface area contributed by atoms with E-state index < -0.39 is 0 Å². The number of aryl methyl sites for hydroxylation is 1. The average molecular weight is 259 g/mol. The van der Waals surface area contributed by atoms with Crippen LogP contribution in [-0.2, 0) is 13.0 Å². The van der Waals surface area contributed by atoms with E-state index in [4.69, 9.17) is 5.26 Å². The predicted octanol–water partition coefficient (Wildman–Crippen LogP) is 3.82. The van der Waals surface area contributed by atoms with E-state index >= 15 is 0 Å². The zero-order chi connectivity index (χ0) is 13.7. The van der Waals surface area contributed by atoms with Gasteiger partial charge >= 0.3 is 0 Å². The molecule has 0 aliphatic carbocycles. The Morgan fingerprint density at radius 1 is 1.32 bits per heavy atom. The molecule has 4 heteroatoms. The van der Waals surface area contributed by atoms with Crippen molar-refractivity contribution in [1.82, 2.24) is 9.55 Å². The Morgan fingerprint density at radius 3 is 2.89 bits per heavy atom. The second kappa shape index (κ2) is 6.33. The number of benzene rings is 1. The van der Waals surface area contributed by atoms with E-state index in [0.717, 1.165) is 24.3 Å². The minimum Gasteiger partial charge on any atom is -0.327 e. The van der Waals surface area contributed by atoms with Crippen LogP contribution in [0.1, 0.15) is 38.4 Å². The van der Waals surface area contributed by atoms with Crippen molar-refractivity contribution in [2.24, 2.45) is 0 Å². The van der Waals surface area contributed by atoms with Crippen LogP contribution >= 0.6 is 0 Å². The lowest BCUT2D eigenvalue weighted by Gasteiger charge is -2.07. The van der Waals surface area contributed by atoms with E-state index in [-0.39, 0.29) is 12.2 Å². The summed E-state index contributed by atoms with van der Waals surface area (Å²) in [6, 6.07) is 6.75. The normalized spacial score (nSPS) is 10.8. The molecule has 0 N–H and O–H groups in total. The molecule has 3 nitrogen and oxygen atoms in total. The standard InChI is InChI=1S/C15H18FN3/c1-2-3-4-5-10-19-14-7-6-12(16)11-13(14)18-15(19)8-9-17/h6-7,11H,2-5,8,10H2,1H3. The van der Waals surface area contributed by atoms with Crippen molar-refractivity contribution >= 4 is 11.0 Å². The largest absolute Gasteiger partial charge is 0.327 e. The van der Waals surface area contributed by atoms with Gasteiger partial charge in [-0.25, -0.2) is 9.37 Å². The van der Waals surface area contributed by atoms with Crippen molar-refractivity contribution < 1.29 is 4.39 Å². The summed E-state index contributed by atoms with van der Waals surface area (Å²) < 4.78 is 15.3. The Kier molecular flexibility index (Phi) is 4.51. The monoisotopic (exact) mass is 259 g/mol. The summed E-state index contributed by atoms with van der Waals surface area (Å²) in [5.41, 5.74) is 1.56. The summed E-state index contributed by atoms with van der Waals surface area (Å²) in [6.07, 6.45) is 4.92. The number of hydrogen-bond acceptors (Lipinski definition) is 2. The minimum absolute atomic E-state index is 0.268. The summed E-state index contributed by atoms with van der Waals surface area (Å²) in [4.78, 5) is 4.36. The van der Waals surface area contributed by atoms with E-state index in [0.29, 0.717) is 5.52 Å². The van der Waals surface area contributed by atoms with Crippen LogP contribution in [0.2, 0.25) is 0 Å². The molecule has 19 heavy (non-hydrogen) atoms. The third-order valence-corrected chi connectivity index (χ3v) is 3.26. The van der Waals surface area contributed by atoms with Crippen molar-refractivity contribution in [2.45, 2.75) is 45.6 Å². The van der Waals surface area contributed by atoms with Crippen molar-refractivity contribution in [3.05, 3.63) is 29.8 Å². The number of fused-ring (bicyclic) bond motifs is 1. The minimum atomic E-state index is -0.286. The molecule has 0 saturated heterocycles. The maximum atomic E-state index is 13.2. The molecule has 0 amide bonds. The highest BCUT2D eigenvalue weighted by Gasteiger charge is 2.10. The first-order valence-electron chi connectivity index (χ1n) is 6.78. The fourth-order valence-corrected chi connectivity index (χ4v) is 2.30. The van der Waals surface area contributed by atoms with Gasteiger partial charge in [0.05, 0.1) is 23.5 Å². The van der Waals surface area contributed by atoms with Crippen LogP contribution in [0.3, 0.4) is 0 Å². The zero-order valence-electron chi connectivity index (χ0n) is 11.2. The van der Waals surface area contributed by atoms with E-state index in [1.165, 1.54) is 31.4 Å². The Balaban J connectivity index is 2.27. The van der Waals surface area contributed by atoms with Gasteiger partial charge in [0.15, 0.2) is 0 Å². The first-order valence-corrected chi connectivity index (χ1v) is 6.78. The maximum absolute atomic E-state index is 13.2. The third kappa shape index (κ3) is 3.11. The topological polar surface area (TPSA) is 41.6 Å². The van der Waals surface area contributed by atoms with Gasteiger partial charge in [-0.3, -0.25) is 0 Å². The summed E-state index contributed by atoms with van der Waals surface area (Å²) in [7, 11) is 0. The highest BCUT2D eigenvalue weighted by Crippen LogP contribution is 2.19. The molecule has 0 fully saturated rings. The summed E-state index contributed by atoms with van der Waals surface area (Å²) >= 11 is 0. The third-order valence-electron chi connectivity index (χ3n) is 3.26. The molecule has 0 atom stereocenters. The smallest absolute Gasteiger partial charge is 0.125 e. The van der Waals surface area contributed by atoms with Gasteiger partial charge in [-0.05, 0) is 18.6 Å². The van der Waals surface area contributed by atoms with E-state index in [9.17, 15) is 4.39 Å². The van der Waals surface area contributed by atoms with E-state index in [2.05, 4.69) is 18.0 Å². The molecule has 0 spiro atoms. The van der Waals surface area contributed by atoms with Gasteiger partial charge in [0.25, 0.3) is 0 Å². The van der Waals surface area contributed by atoms with Crippen LogP contribution < -0.4 is 0 Å². The zero-order valence-corrected chi connectivity index (χ0v) is 11.2. The summed E-state index contributed by atoms with van der Waals surface area (Å²) in [6.45, 7) is 3.02. The lowest BCUT2D eigenvalue weighted by atomic mass is 10.2. The van der Waals surface area contributed by atoms with Crippen LogP contribution in [0.5, 0.6) is 0 Å². The molecule has 2 aromatic rings. The molecule has 0 bridgehead atoms. The Morgan fingerprint density at radius 2 is 2.16 bits per heavy atom. The number of imidazole rings is 1. The molecule has 0 aliphatic rings. The average Bonchev–Trinajstić information content (AvgIpc) is 2.72. The Hall–Kier alpha value is -1.89. The molecule has 1 heterocycles. The molecule has 0 saturated carbocycles. The lowest BCUT2D eigenvalue weighted by molar-refractivity contribution is 0.579. The number of rotatable bonds is 6. The first-order chi connectivity index (χ1) is 9.26. The fraction of sp³-hybridized carbons (Fsp3) is 0.467. The van der Waals surface area contributed by atoms with Crippen molar-refractivity contribution in [2.75, 3.05) is 0 Å². The summed E-state index contributed by atoms with van der Waals surface area (Å²) in [5, 5.41) is 8.86. The molecule has 1 aromatic heterocycles. The SMILES string of the molecule is CCCCCCn1c(CC#N)nc2cc(F)ccc21. The van der Waals surface area contributed by atoms with Crippen LogP contribution in [0.4, 0.5) is 4.39 Å². The van der Waals surface area contributed by atoms with Crippen LogP contribution in [-0.4, -0.2) is 9.55 Å². The van der Waals surface area contributed by atoms with Crippen LogP contribution in [0, 0.1) is 17.1 Å². The van der Waals surface area contributed by atoms with E-state index in [1.54, 1.807) is 6.07 Å². The summed E-state index contributed by atoms with van der Waals surface area (Å²) in [5.74, 6) is 0.450. The Labute approximate surface area is 112 Å². The number of nitrogens with zero attached hydrogens (tertiary/aromatic N) is 3. The molecule has 0 radical (unpaired) electrons. The molecule has 100 valence electrons. The second-order valence-corrected chi connectivity index (χ2v) is 4.71. The molecule has 0 aliphatic heterocycles. The molecular weight excluding hydrogens is 241 g/mol. The van der Waals surface area contributed by atoms with Gasteiger partial charge in [-0.15, -0.1) is 0 Å². The van der Waals surface area contributed by atoms with Gasteiger partial charge in [-0.2, -0.15) is 5.26 Å². The molecule has 2 rings (SSSR count). The second-order valence-electron chi connectivity index (χ2n) is 4.71. The fourth-order valence-electron chi connectivity index (χ4n) is 2.30. The number of halogens is 1. The number of aromatic nitrogens is 2. The van der Waals surface area contributed by atoms with Crippen LogP contribution in [0.15, 0.2) is 18.2 Å². The molecule has 1 aromatic carbocycles. The van der Waals surface area contributed by atoms with Crippen molar-refractivity contribution in [1.29, 1.82) is 5.26 Å². The molecular formula is C15H18FN3. The lowest BCUT2D eigenvalue weighted by Crippen LogP contribution is -2.03. The van der Waals surface area contributed by atoms with Gasteiger partial charge in [0.2, 0.25) is 0 Å². The first kappa shape index (κ1) is 13.5. The highest BCUT2D eigenvalue weighted by molar-refractivity contribution is 5.76. The maximum Gasteiger partial charge on any atom is 0.125 e. The predicted molar refractivity (Wildman–Crippen MR) is 73.2 cm³/mol. The quantitative estimate of drug-likeness (QED) is 0.740. The van der Waals surface area contributed by atoms with Crippen molar-refractivity contribution in [3.8, 4) is 6.07 Å². The number of nitriles is 1. The highest BCUT2D eigenvalue weighted by atomic mass is 19.1. The van der Waals surface area contributed by atoms with Crippen molar-refractivity contribution in [3.63, 3.8) is 0 Å². The van der Waals surface area contributed by atoms with E-state index in [1.807, 2.05) is 4.57 Å².